The third kappa shape index (κ3) is 4.13. The van der Waals surface area contributed by atoms with Crippen molar-refractivity contribution >= 4 is 11.7 Å². The Balaban J connectivity index is 2.00. The fourth-order valence-electron chi connectivity index (χ4n) is 2.93. The number of nitrogens with one attached hydrogen (secondary N) is 1. The van der Waals surface area contributed by atoms with E-state index < -0.39 is 0 Å². The van der Waals surface area contributed by atoms with E-state index in [-0.39, 0.29) is 12.0 Å². The fourth-order valence-corrected chi connectivity index (χ4v) is 2.93. The first-order valence-corrected chi connectivity index (χ1v) is 7.90. The van der Waals surface area contributed by atoms with Gasteiger partial charge in [-0.3, -0.25) is 10.1 Å². The van der Waals surface area contributed by atoms with Crippen molar-refractivity contribution in [1.82, 2.24) is 5.32 Å². The molecule has 5 nitrogen and oxygen atoms in total. The maximum absolute atomic E-state index is 11.7. The Bertz CT molecular complexity index is 493. The number of hydrogen-bond donors (Lipinski definition) is 1. The van der Waals surface area contributed by atoms with Gasteiger partial charge in [0.25, 0.3) is 0 Å². The van der Waals surface area contributed by atoms with Crippen LogP contribution in [-0.2, 0) is 9.53 Å². The topological polar surface area (TPSA) is 50.8 Å². The Kier molecular flexibility index (Phi) is 6.07. The van der Waals surface area contributed by atoms with Crippen molar-refractivity contribution in [2.45, 2.75) is 38.3 Å². The average Bonchev–Trinajstić information content (AvgIpc) is 2.59. The second kappa shape index (κ2) is 8.03. The normalized spacial score (nSPS) is 19.6. The third-order valence-corrected chi connectivity index (χ3v) is 4.17. The van der Waals surface area contributed by atoms with Gasteiger partial charge in [-0.25, -0.2) is 0 Å². The maximum atomic E-state index is 11.7. The van der Waals surface area contributed by atoms with Gasteiger partial charge in [-0.1, -0.05) is 13.0 Å². The van der Waals surface area contributed by atoms with Crippen molar-refractivity contribution in [3.05, 3.63) is 24.3 Å². The average molecular weight is 306 g/mol. The Morgan fingerprint density at radius 3 is 2.95 bits per heavy atom. The van der Waals surface area contributed by atoms with Gasteiger partial charge in [0.05, 0.1) is 14.2 Å². The van der Waals surface area contributed by atoms with E-state index in [2.05, 4.69) is 22.3 Å². The van der Waals surface area contributed by atoms with Gasteiger partial charge in [0.2, 0.25) is 0 Å². The number of hydrogen-bond acceptors (Lipinski definition) is 5. The minimum Gasteiger partial charge on any atom is -0.497 e. The van der Waals surface area contributed by atoms with Gasteiger partial charge in [-0.2, -0.15) is 0 Å². The molecule has 0 aromatic heterocycles. The number of methoxy groups -OCH3 is 2. The van der Waals surface area contributed by atoms with Crippen molar-refractivity contribution in [2.75, 3.05) is 32.2 Å². The fraction of sp³-hybridized carbons (Fsp3) is 0.588. The van der Waals surface area contributed by atoms with Crippen LogP contribution in [0.25, 0.3) is 0 Å². The lowest BCUT2D eigenvalue weighted by atomic mass is 10.0. The summed E-state index contributed by atoms with van der Waals surface area (Å²) in [5.41, 5.74) is 1.16. The van der Waals surface area contributed by atoms with Crippen molar-refractivity contribution in [3.63, 3.8) is 0 Å². The lowest BCUT2D eigenvalue weighted by Gasteiger charge is -2.36. The first-order chi connectivity index (χ1) is 10.7. The summed E-state index contributed by atoms with van der Waals surface area (Å²) in [4.78, 5) is 14.1. The summed E-state index contributed by atoms with van der Waals surface area (Å²) in [6, 6.07) is 8.19. The monoisotopic (exact) mass is 306 g/mol. The van der Waals surface area contributed by atoms with E-state index in [1.54, 1.807) is 7.11 Å². The van der Waals surface area contributed by atoms with Crippen LogP contribution in [0.15, 0.2) is 24.3 Å². The molecule has 0 aliphatic carbocycles. The van der Waals surface area contributed by atoms with Gasteiger partial charge >= 0.3 is 5.97 Å². The summed E-state index contributed by atoms with van der Waals surface area (Å²) in [6.07, 6.45) is 2.92. The minimum atomic E-state index is -0.222. The first-order valence-electron chi connectivity index (χ1n) is 7.90. The van der Waals surface area contributed by atoms with E-state index in [4.69, 9.17) is 9.47 Å². The number of rotatable bonds is 6. The molecule has 2 rings (SSSR count). The van der Waals surface area contributed by atoms with Crippen LogP contribution < -0.4 is 15.0 Å². The summed E-state index contributed by atoms with van der Waals surface area (Å²) < 4.78 is 10.2. The van der Waals surface area contributed by atoms with E-state index >= 15 is 0 Å². The molecule has 1 heterocycles. The molecule has 0 unspecified atom stereocenters. The van der Waals surface area contributed by atoms with Gasteiger partial charge < -0.3 is 14.4 Å². The molecular weight excluding hydrogens is 280 g/mol. The van der Waals surface area contributed by atoms with Crippen LogP contribution in [-0.4, -0.2) is 45.4 Å². The lowest BCUT2D eigenvalue weighted by molar-refractivity contribution is -0.143. The molecule has 1 aromatic rings. The number of piperidine rings is 1. The standard InChI is InChI=1S/C17H26N2O3/c1-4-16(17(20)22-3)18-13-7-6-10-19(12-13)14-8-5-9-15(11-14)21-2/h5,8-9,11,13,16,18H,4,6-7,10,12H2,1-3H3/t13-,16+/m0/s1. The first kappa shape index (κ1) is 16.6. The molecule has 122 valence electrons. The molecule has 0 bridgehead atoms. The van der Waals surface area contributed by atoms with Crippen molar-refractivity contribution < 1.29 is 14.3 Å². The van der Waals surface area contributed by atoms with Crippen LogP contribution in [0.5, 0.6) is 5.75 Å². The molecule has 0 saturated carbocycles. The van der Waals surface area contributed by atoms with Crippen LogP contribution >= 0.6 is 0 Å². The molecule has 1 aliphatic heterocycles. The minimum absolute atomic E-state index is 0.180. The molecule has 1 N–H and O–H groups in total. The number of esters is 1. The zero-order valence-corrected chi connectivity index (χ0v) is 13.7. The predicted octanol–water partition coefficient (Wildman–Crippen LogP) is 2.21. The SMILES string of the molecule is CC[C@@H](N[C@H]1CCCN(c2cccc(OC)c2)C1)C(=O)OC. The predicted molar refractivity (Wildman–Crippen MR) is 87.5 cm³/mol. The molecule has 0 amide bonds. The van der Waals surface area contributed by atoms with Crippen molar-refractivity contribution in [2.24, 2.45) is 0 Å². The molecule has 0 spiro atoms. The van der Waals surface area contributed by atoms with Crippen molar-refractivity contribution in [3.8, 4) is 5.75 Å². The summed E-state index contributed by atoms with van der Waals surface area (Å²) in [5.74, 6) is 0.689. The zero-order valence-electron chi connectivity index (χ0n) is 13.7. The highest BCUT2D eigenvalue weighted by Gasteiger charge is 2.25. The van der Waals surface area contributed by atoms with E-state index in [0.29, 0.717) is 6.04 Å². The Labute approximate surface area is 132 Å². The highest BCUT2D eigenvalue weighted by molar-refractivity contribution is 5.75. The molecular formula is C17H26N2O3. The van der Waals surface area contributed by atoms with Crippen LogP contribution in [0.2, 0.25) is 0 Å². The largest absolute Gasteiger partial charge is 0.497 e. The number of anilines is 1. The molecule has 0 radical (unpaired) electrons. The third-order valence-electron chi connectivity index (χ3n) is 4.17. The van der Waals surface area contributed by atoms with Crippen LogP contribution in [0.3, 0.4) is 0 Å². The van der Waals surface area contributed by atoms with Gasteiger partial charge in [0, 0.05) is 30.9 Å². The Morgan fingerprint density at radius 1 is 1.45 bits per heavy atom. The molecule has 1 aliphatic rings. The van der Waals surface area contributed by atoms with E-state index in [9.17, 15) is 4.79 Å². The molecule has 1 aromatic carbocycles. The second-order valence-electron chi connectivity index (χ2n) is 5.64. The van der Waals surface area contributed by atoms with Gasteiger partial charge in [-0.05, 0) is 31.4 Å². The van der Waals surface area contributed by atoms with E-state index in [1.165, 1.54) is 7.11 Å². The summed E-state index contributed by atoms with van der Waals surface area (Å²) in [5, 5.41) is 3.44. The molecule has 1 fully saturated rings. The summed E-state index contributed by atoms with van der Waals surface area (Å²) in [7, 11) is 3.12. The van der Waals surface area contributed by atoms with Gasteiger partial charge in [-0.15, -0.1) is 0 Å². The number of carbonyl (C=O) groups is 1. The molecule has 2 atom stereocenters. The number of benzene rings is 1. The number of ether oxygens (including phenoxy) is 2. The smallest absolute Gasteiger partial charge is 0.322 e. The number of nitrogens with zero attached hydrogens (tertiary/aromatic N) is 1. The van der Waals surface area contributed by atoms with Crippen LogP contribution in [0, 0.1) is 0 Å². The molecule has 1 saturated heterocycles. The quantitative estimate of drug-likeness (QED) is 0.817. The molecule has 5 heteroatoms. The van der Waals surface area contributed by atoms with Crippen LogP contribution in [0.1, 0.15) is 26.2 Å². The summed E-state index contributed by atoms with van der Waals surface area (Å²) >= 11 is 0. The highest BCUT2D eigenvalue weighted by atomic mass is 16.5. The van der Waals surface area contributed by atoms with Gasteiger partial charge in [0.15, 0.2) is 0 Å². The number of carbonyl (C=O) groups excluding carboxylic acids is 1. The van der Waals surface area contributed by atoms with E-state index in [0.717, 1.165) is 43.8 Å². The highest BCUT2D eigenvalue weighted by Crippen LogP contribution is 2.24. The lowest BCUT2D eigenvalue weighted by Crippen LogP contribution is -2.51. The molecule has 22 heavy (non-hydrogen) atoms. The Hall–Kier alpha value is -1.75. The zero-order chi connectivity index (χ0) is 15.9. The second-order valence-corrected chi connectivity index (χ2v) is 5.64. The summed E-state index contributed by atoms with van der Waals surface area (Å²) in [6.45, 7) is 3.91. The Morgan fingerprint density at radius 2 is 2.27 bits per heavy atom. The van der Waals surface area contributed by atoms with Crippen LogP contribution in [0.4, 0.5) is 5.69 Å². The van der Waals surface area contributed by atoms with Gasteiger partial charge in [0.1, 0.15) is 11.8 Å². The van der Waals surface area contributed by atoms with Crippen molar-refractivity contribution in [1.29, 1.82) is 0 Å². The van der Waals surface area contributed by atoms with E-state index in [1.807, 2.05) is 19.1 Å². The maximum Gasteiger partial charge on any atom is 0.322 e.